The molecule has 7 heteroatoms. The first-order valence-electron chi connectivity index (χ1n) is 6.21. The summed E-state index contributed by atoms with van der Waals surface area (Å²) in [6.07, 6.45) is 4.46. The Labute approximate surface area is 116 Å². The summed E-state index contributed by atoms with van der Waals surface area (Å²) in [5.74, 6) is 0. The molecule has 0 radical (unpaired) electrons. The van der Waals surface area contributed by atoms with E-state index in [2.05, 4.69) is 0 Å². The quantitative estimate of drug-likeness (QED) is 0.421. The maximum absolute atomic E-state index is 12.1. The molecule has 0 saturated heterocycles. The van der Waals surface area contributed by atoms with Crippen LogP contribution in [0, 0.1) is 0 Å². The van der Waals surface area contributed by atoms with Crippen LogP contribution in [0.2, 0.25) is 0 Å². The molecule has 0 spiro atoms. The summed E-state index contributed by atoms with van der Waals surface area (Å²) in [5, 5.41) is 0. The number of aromatic nitrogens is 2. The van der Waals surface area contributed by atoms with Crippen LogP contribution in [0.15, 0.2) is 27.9 Å². The van der Waals surface area contributed by atoms with E-state index in [1.165, 1.54) is 17.8 Å². The van der Waals surface area contributed by atoms with Gasteiger partial charge < -0.3 is 18.8 Å². The zero-order chi connectivity index (χ0) is 14.7. The molecule has 1 aromatic heterocycles. The predicted octanol–water partition coefficient (Wildman–Crippen LogP) is -0.299. The second-order valence-corrected chi connectivity index (χ2v) is 4.60. The summed E-state index contributed by atoms with van der Waals surface area (Å²) in [6, 6.07) is 0. The van der Waals surface area contributed by atoms with Gasteiger partial charge in [0, 0.05) is 27.4 Å². The molecule has 2 rings (SSSR count). The normalized spacial score (nSPS) is 21.6. The largest absolute Gasteiger partial charge is 0.359 e. The lowest BCUT2D eigenvalue weighted by molar-refractivity contribution is -0.0710. The van der Waals surface area contributed by atoms with Gasteiger partial charge in [-0.25, -0.2) is 4.79 Å². The lowest BCUT2D eigenvalue weighted by Gasteiger charge is -2.15. The van der Waals surface area contributed by atoms with Crippen LogP contribution in [-0.4, -0.2) is 35.7 Å². The summed E-state index contributed by atoms with van der Waals surface area (Å²) in [4.78, 5) is 23.7. The minimum absolute atomic E-state index is 0.194. The molecule has 0 bridgehead atoms. The molecular weight excluding hydrogens is 264 g/mol. The molecule has 2 atom stereocenters. The van der Waals surface area contributed by atoms with Crippen molar-refractivity contribution in [2.24, 2.45) is 14.1 Å². The van der Waals surface area contributed by atoms with Crippen LogP contribution in [0.1, 0.15) is 11.7 Å². The van der Waals surface area contributed by atoms with Crippen molar-refractivity contribution in [3.63, 3.8) is 0 Å². The third-order valence-corrected chi connectivity index (χ3v) is 3.08. The number of hydrogen-bond acceptors (Lipinski definition) is 5. The van der Waals surface area contributed by atoms with Gasteiger partial charge in [0.15, 0.2) is 0 Å². The molecule has 1 aliphatic rings. The summed E-state index contributed by atoms with van der Waals surface area (Å²) in [5.41, 5.74) is -0.276. The van der Waals surface area contributed by atoms with Gasteiger partial charge >= 0.3 is 5.69 Å². The standard InChI is InChI=1S/C13H18N2O5/c1-14-6-10(12(16)15(2)13(14)17)11-5-4-9(20-11)7-19-8-18-3/h4-6,9,11H,7-8H2,1-3H3/t9-,11-/m0/s1. The van der Waals surface area contributed by atoms with Gasteiger partial charge in [-0.15, -0.1) is 0 Å². The Morgan fingerprint density at radius 3 is 2.75 bits per heavy atom. The van der Waals surface area contributed by atoms with Crippen LogP contribution >= 0.6 is 0 Å². The zero-order valence-corrected chi connectivity index (χ0v) is 11.7. The van der Waals surface area contributed by atoms with E-state index in [1.54, 1.807) is 20.2 Å². The fourth-order valence-corrected chi connectivity index (χ4v) is 2.05. The number of hydrogen-bond donors (Lipinski definition) is 0. The molecule has 1 aliphatic heterocycles. The third-order valence-electron chi connectivity index (χ3n) is 3.08. The van der Waals surface area contributed by atoms with E-state index in [1.807, 2.05) is 6.08 Å². The molecule has 0 N–H and O–H groups in total. The summed E-state index contributed by atoms with van der Waals surface area (Å²) >= 11 is 0. The molecule has 1 aromatic rings. The van der Waals surface area contributed by atoms with E-state index in [9.17, 15) is 9.59 Å². The lowest BCUT2D eigenvalue weighted by Crippen LogP contribution is -2.39. The highest BCUT2D eigenvalue weighted by atomic mass is 16.7. The predicted molar refractivity (Wildman–Crippen MR) is 71.5 cm³/mol. The van der Waals surface area contributed by atoms with Crippen molar-refractivity contribution in [1.29, 1.82) is 0 Å². The Balaban J connectivity index is 2.14. The molecular formula is C13H18N2O5. The van der Waals surface area contributed by atoms with Gasteiger partial charge in [-0.3, -0.25) is 9.36 Å². The van der Waals surface area contributed by atoms with Crippen LogP contribution in [0.3, 0.4) is 0 Å². The van der Waals surface area contributed by atoms with Crippen molar-refractivity contribution >= 4 is 0 Å². The van der Waals surface area contributed by atoms with Gasteiger partial charge in [-0.2, -0.15) is 0 Å². The van der Waals surface area contributed by atoms with Crippen molar-refractivity contribution < 1.29 is 14.2 Å². The van der Waals surface area contributed by atoms with Crippen LogP contribution < -0.4 is 11.2 Å². The molecule has 110 valence electrons. The zero-order valence-electron chi connectivity index (χ0n) is 11.7. The second-order valence-electron chi connectivity index (χ2n) is 4.60. The van der Waals surface area contributed by atoms with Crippen molar-refractivity contribution in [2.45, 2.75) is 12.2 Å². The maximum atomic E-state index is 12.1. The fourth-order valence-electron chi connectivity index (χ4n) is 2.05. The number of ether oxygens (including phenoxy) is 3. The highest BCUT2D eigenvalue weighted by Gasteiger charge is 2.24. The van der Waals surface area contributed by atoms with Crippen molar-refractivity contribution in [3.05, 3.63) is 44.8 Å². The molecule has 0 saturated carbocycles. The van der Waals surface area contributed by atoms with Crippen LogP contribution in [0.25, 0.3) is 0 Å². The highest BCUT2D eigenvalue weighted by Crippen LogP contribution is 2.24. The van der Waals surface area contributed by atoms with Gasteiger partial charge in [0.2, 0.25) is 0 Å². The second kappa shape index (κ2) is 6.17. The maximum Gasteiger partial charge on any atom is 0.330 e. The monoisotopic (exact) mass is 282 g/mol. The molecule has 0 fully saturated rings. The molecule has 0 unspecified atom stereocenters. The van der Waals surface area contributed by atoms with E-state index in [0.29, 0.717) is 12.2 Å². The molecule has 0 aliphatic carbocycles. The minimum Gasteiger partial charge on any atom is -0.359 e. The smallest absolute Gasteiger partial charge is 0.330 e. The first kappa shape index (κ1) is 14.7. The van der Waals surface area contributed by atoms with Gasteiger partial charge in [0.1, 0.15) is 19.0 Å². The molecule has 7 nitrogen and oxygen atoms in total. The first-order valence-corrected chi connectivity index (χ1v) is 6.21. The summed E-state index contributed by atoms with van der Waals surface area (Å²) in [6.45, 7) is 0.549. The minimum atomic E-state index is -0.461. The van der Waals surface area contributed by atoms with Crippen LogP contribution in [-0.2, 0) is 28.3 Å². The Hall–Kier alpha value is -1.70. The Morgan fingerprint density at radius 1 is 1.30 bits per heavy atom. The van der Waals surface area contributed by atoms with Crippen LogP contribution in [0.4, 0.5) is 0 Å². The Kier molecular flexibility index (Phi) is 4.53. The highest BCUT2D eigenvalue weighted by molar-refractivity contribution is 5.19. The topological polar surface area (TPSA) is 71.7 Å². The molecule has 0 aromatic carbocycles. The first-order chi connectivity index (χ1) is 9.54. The van der Waals surface area contributed by atoms with Crippen LogP contribution in [0.5, 0.6) is 0 Å². The third kappa shape index (κ3) is 2.90. The van der Waals surface area contributed by atoms with Gasteiger partial charge in [0.05, 0.1) is 12.2 Å². The van der Waals surface area contributed by atoms with Crippen molar-refractivity contribution in [3.8, 4) is 0 Å². The number of rotatable bonds is 5. The van der Waals surface area contributed by atoms with E-state index < -0.39 is 6.10 Å². The number of methoxy groups -OCH3 is 1. The SMILES string of the molecule is COCOC[C@@H]1C=C[C@@H](c2cn(C)c(=O)n(C)c2=O)O1. The van der Waals surface area contributed by atoms with E-state index >= 15 is 0 Å². The van der Waals surface area contributed by atoms with Gasteiger partial charge in [-0.1, -0.05) is 12.2 Å². The number of nitrogens with zero attached hydrogens (tertiary/aromatic N) is 2. The number of aryl methyl sites for hydroxylation is 1. The lowest BCUT2D eigenvalue weighted by atomic mass is 10.2. The van der Waals surface area contributed by atoms with E-state index in [-0.39, 0.29) is 24.1 Å². The van der Waals surface area contributed by atoms with Gasteiger partial charge in [-0.05, 0) is 0 Å². The summed E-state index contributed by atoms with van der Waals surface area (Å²) < 4.78 is 18.1. The molecule has 0 amide bonds. The average molecular weight is 282 g/mol. The van der Waals surface area contributed by atoms with E-state index in [4.69, 9.17) is 14.2 Å². The fraction of sp³-hybridized carbons (Fsp3) is 0.538. The van der Waals surface area contributed by atoms with E-state index in [0.717, 1.165) is 4.57 Å². The van der Waals surface area contributed by atoms with Gasteiger partial charge in [0.25, 0.3) is 5.56 Å². The summed E-state index contributed by atoms with van der Waals surface area (Å²) in [7, 11) is 4.59. The Bertz CT molecular complexity index is 616. The average Bonchev–Trinajstić information content (AvgIpc) is 2.89. The Morgan fingerprint density at radius 2 is 2.05 bits per heavy atom. The van der Waals surface area contributed by atoms with Crippen molar-refractivity contribution in [1.82, 2.24) is 9.13 Å². The molecule has 2 heterocycles. The molecule has 20 heavy (non-hydrogen) atoms. The van der Waals surface area contributed by atoms with Crippen molar-refractivity contribution in [2.75, 3.05) is 20.5 Å².